The SMILES string of the molecule is CN=C1NC(=O)C(C)(CC2CC2)N1. The predicted molar refractivity (Wildman–Crippen MR) is 50.4 cm³/mol. The average molecular weight is 181 g/mol. The molecule has 2 fully saturated rings. The van der Waals surface area contributed by atoms with Gasteiger partial charge in [0.2, 0.25) is 0 Å². The van der Waals surface area contributed by atoms with Crippen molar-refractivity contribution in [2.75, 3.05) is 7.05 Å². The van der Waals surface area contributed by atoms with Crippen LogP contribution in [0, 0.1) is 5.92 Å². The first-order valence-electron chi connectivity index (χ1n) is 4.70. The number of nitrogens with one attached hydrogen (secondary N) is 2. The minimum Gasteiger partial charge on any atom is -0.342 e. The van der Waals surface area contributed by atoms with Gasteiger partial charge in [0.25, 0.3) is 5.91 Å². The van der Waals surface area contributed by atoms with Gasteiger partial charge in [-0.1, -0.05) is 12.8 Å². The summed E-state index contributed by atoms with van der Waals surface area (Å²) in [5, 5.41) is 5.85. The van der Waals surface area contributed by atoms with Crippen LogP contribution in [0.1, 0.15) is 26.2 Å². The largest absolute Gasteiger partial charge is 0.342 e. The van der Waals surface area contributed by atoms with Crippen molar-refractivity contribution in [3.8, 4) is 0 Å². The summed E-state index contributed by atoms with van der Waals surface area (Å²) < 4.78 is 0. The van der Waals surface area contributed by atoms with Gasteiger partial charge in [-0.3, -0.25) is 15.1 Å². The zero-order chi connectivity index (χ0) is 9.47. The Kier molecular flexibility index (Phi) is 1.78. The Balaban J connectivity index is 2.08. The topological polar surface area (TPSA) is 53.5 Å². The number of amides is 1. The van der Waals surface area contributed by atoms with Gasteiger partial charge < -0.3 is 5.32 Å². The minimum absolute atomic E-state index is 0.0556. The quantitative estimate of drug-likeness (QED) is 0.641. The molecular formula is C9H15N3O. The van der Waals surface area contributed by atoms with E-state index in [2.05, 4.69) is 15.6 Å². The zero-order valence-corrected chi connectivity index (χ0v) is 8.05. The summed E-state index contributed by atoms with van der Waals surface area (Å²) in [5.74, 6) is 1.40. The first kappa shape index (κ1) is 8.53. The van der Waals surface area contributed by atoms with E-state index in [0.717, 1.165) is 12.3 Å². The van der Waals surface area contributed by atoms with Gasteiger partial charge in [-0.05, 0) is 19.3 Å². The van der Waals surface area contributed by atoms with Crippen molar-refractivity contribution >= 4 is 11.9 Å². The number of guanidine groups is 1. The summed E-state index contributed by atoms with van der Waals surface area (Å²) in [6.45, 7) is 1.94. The second-order valence-electron chi connectivity index (χ2n) is 4.13. The van der Waals surface area contributed by atoms with E-state index < -0.39 is 5.54 Å². The fourth-order valence-corrected chi connectivity index (χ4v) is 1.75. The van der Waals surface area contributed by atoms with Gasteiger partial charge in [-0.25, -0.2) is 0 Å². The van der Waals surface area contributed by atoms with E-state index in [1.165, 1.54) is 12.8 Å². The van der Waals surface area contributed by atoms with Crippen LogP contribution in [0.25, 0.3) is 0 Å². The molecule has 2 N–H and O–H groups in total. The molecule has 0 aromatic heterocycles. The van der Waals surface area contributed by atoms with E-state index >= 15 is 0 Å². The highest BCUT2D eigenvalue weighted by Gasteiger charge is 2.44. The van der Waals surface area contributed by atoms with E-state index in [9.17, 15) is 4.79 Å². The zero-order valence-electron chi connectivity index (χ0n) is 8.05. The predicted octanol–water partition coefficient (Wildman–Crippen LogP) is 0.250. The van der Waals surface area contributed by atoms with E-state index in [1.807, 2.05) is 6.92 Å². The molecule has 1 saturated carbocycles. The Labute approximate surface area is 77.8 Å². The molecule has 2 rings (SSSR count). The van der Waals surface area contributed by atoms with Crippen LogP contribution in [0.15, 0.2) is 4.99 Å². The third-order valence-electron chi connectivity index (χ3n) is 2.74. The molecule has 0 bridgehead atoms. The highest BCUT2D eigenvalue weighted by atomic mass is 16.2. The van der Waals surface area contributed by atoms with Gasteiger partial charge in [-0.2, -0.15) is 0 Å². The van der Waals surface area contributed by atoms with E-state index in [0.29, 0.717) is 5.96 Å². The van der Waals surface area contributed by atoms with Crippen molar-refractivity contribution in [2.45, 2.75) is 31.7 Å². The molecule has 72 valence electrons. The second kappa shape index (κ2) is 2.72. The fraction of sp³-hybridized carbons (Fsp3) is 0.778. The molecule has 0 radical (unpaired) electrons. The van der Waals surface area contributed by atoms with Gasteiger partial charge in [0.05, 0.1) is 0 Å². The van der Waals surface area contributed by atoms with Crippen LogP contribution in [0.4, 0.5) is 0 Å². The van der Waals surface area contributed by atoms with Gasteiger partial charge in [0.15, 0.2) is 5.96 Å². The highest BCUT2D eigenvalue weighted by molar-refractivity contribution is 6.08. The molecule has 2 aliphatic rings. The summed E-state index contributed by atoms with van der Waals surface area (Å²) in [6.07, 6.45) is 3.46. The lowest BCUT2D eigenvalue weighted by Gasteiger charge is -2.20. The molecular weight excluding hydrogens is 166 g/mol. The van der Waals surface area contributed by atoms with Crippen molar-refractivity contribution in [1.29, 1.82) is 0 Å². The molecule has 13 heavy (non-hydrogen) atoms. The summed E-state index contributed by atoms with van der Waals surface area (Å²) in [4.78, 5) is 15.5. The number of hydrogen-bond acceptors (Lipinski definition) is 2. The number of aliphatic imine (C=N–C) groups is 1. The summed E-state index contributed by atoms with van der Waals surface area (Å²) in [6, 6.07) is 0. The molecule has 1 aliphatic carbocycles. The Hall–Kier alpha value is -1.06. The number of carbonyl (C=O) groups excluding carboxylic acids is 1. The lowest BCUT2D eigenvalue weighted by atomic mass is 9.95. The van der Waals surface area contributed by atoms with E-state index in [-0.39, 0.29) is 5.91 Å². The summed E-state index contributed by atoms with van der Waals surface area (Å²) >= 11 is 0. The van der Waals surface area contributed by atoms with Gasteiger partial charge in [0, 0.05) is 7.05 Å². The molecule has 4 heteroatoms. The molecule has 0 spiro atoms. The Morgan fingerprint density at radius 2 is 2.31 bits per heavy atom. The van der Waals surface area contributed by atoms with Crippen LogP contribution in [-0.2, 0) is 4.79 Å². The van der Waals surface area contributed by atoms with Crippen LogP contribution in [-0.4, -0.2) is 24.5 Å². The van der Waals surface area contributed by atoms with Crippen LogP contribution < -0.4 is 10.6 Å². The average Bonchev–Trinajstić information content (AvgIpc) is 2.81. The van der Waals surface area contributed by atoms with Crippen molar-refractivity contribution in [3.63, 3.8) is 0 Å². The number of rotatable bonds is 2. The number of hydrogen-bond donors (Lipinski definition) is 2. The van der Waals surface area contributed by atoms with Gasteiger partial charge >= 0.3 is 0 Å². The molecule has 4 nitrogen and oxygen atoms in total. The minimum atomic E-state index is -0.421. The first-order valence-corrected chi connectivity index (χ1v) is 4.70. The maximum atomic E-state index is 11.6. The van der Waals surface area contributed by atoms with Crippen molar-refractivity contribution in [1.82, 2.24) is 10.6 Å². The normalized spacial score (nSPS) is 36.2. The number of nitrogens with zero attached hydrogens (tertiary/aromatic N) is 1. The molecule has 1 amide bonds. The van der Waals surface area contributed by atoms with E-state index in [4.69, 9.17) is 0 Å². The third kappa shape index (κ3) is 1.53. The van der Waals surface area contributed by atoms with Crippen molar-refractivity contribution in [2.24, 2.45) is 10.9 Å². The summed E-state index contributed by atoms with van der Waals surface area (Å²) in [5.41, 5.74) is -0.421. The van der Waals surface area contributed by atoms with Gasteiger partial charge in [0.1, 0.15) is 5.54 Å². The number of carbonyl (C=O) groups is 1. The monoisotopic (exact) mass is 181 g/mol. The molecule has 1 atom stereocenters. The van der Waals surface area contributed by atoms with Crippen molar-refractivity contribution < 1.29 is 4.79 Å². The van der Waals surface area contributed by atoms with Crippen LogP contribution in [0.3, 0.4) is 0 Å². The summed E-state index contributed by atoms with van der Waals surface area (Å²) in [7, 11) is 1.67. The lowest BCUT2D eigenvalue weighted by Crippen LogP contribution is -2.44. The molecule has 1 heterocycles. The highest BCUT2D eigenvalue weighted by Crippen LogP contribution is 2.37. The Morgan fingerprint density at radius 3 is 2.77 bits per heavy atom. The Morgan fingerprint density at radius 1 is 1.62 bits per heavy atom. The molecule has 0 aromatic rings. The molecule has 1 aliphatic heterocycles. The fourth-order valence-electron chi connectivity index (χ4n) is 1.75. The lowest BCUT2D eigenvalue weighted by molar-refractivity contribution is -0.123. The standard InChI is InChI=1S/C9H15N3O/c1-9(5-6-3-4-6)7(13)11-8(10-2)12-9/h6H,3-5H2,1-2H3,(H2,10,11,12,13). The van der Waals surface area contributed by atoms with Crippen LogP contribution >= 0.6 is 0 Å². The van der Waals surface area contributed by atoms with Crippen molar-refractivity contribution in [3.05, 3.63) is 0 Å². The molecule has 1 unspecified atom stereocenters. The molecule has 0 aromatic carbocycles. The smallest absolute Gasteiger partial charge is 0.252 e. The Bertz CT molecular complexity index is 270. The second-order valence-corrected chi connectivity index (χ2v) is 4.13. The first-order chi connectivity index (χ1) is 6.14. The van der Waals surface area contributed by atoms with Gasteiger partial charge in [-0.15, -0.1) is 0 Å². The van der Waals surface area contributed by atoms with Crippen LogP contribution in [0.2, 0.25) is 0 Å². The molecule has 1 saturated heterocycles. The maximum Gasteiger partial charge on any atom is 0.252 e. The third-order valence-corrected chi connectivity index (χ3v) is 2.74. The maximum absolute atomic E-state index is 11.6. The van der Waals surface area contributed by atoms with E-state index in [1.54, 1.807) is 7.05 Å². The van der Waals surface area contributed by atoms with Crippen LogP contribution in [0.5, 0.6) is 0 Å².